The van der Waals surface area contributed by atoms with E-state index in [0.717, 1.165) is 12.1 Å². The van der Waals surface area contributed by atoms with Gasteiger partial charge in [0.15, 0.2) is 0 Å². The van der Waals surface area contributed by atoms with Gasteiger partial charge in [0, 0.05) is 43.2 Å². The van der Waals surface area contributed by atoms with Gasteiger partial charge in [-0.2, -0.15) is 11.8 Å². The minimum atomic E-state index is 0.746. The van der Waals surface area contributed by atoms with Gasteiger partial charge in [-0.15, -0.1) is 0 Å². The van der Waals surface area contributed by atoms with Gasteiger partial charge in [0.05, 0.1) is 0 Å². The van der Waals surface area contributed by atoms with Crippen LogP contribution in [0.25, 0.3) is 0 Å². The summed E-state index contributed by atoms with van der Waals surface area (Å²) in [4.78, 5) is 2.68. The Labute approximate surface area is 85.4 Å². The molecular weight excluding hydrogens is 180 g/mol. The molecule has 0 bridgehead atoms. The van der Waals surface area contributed by atoms with Crippen molar-refractivity contribution in [3.63, 3.8) is 0 Å². The van der Waals surface area contributed by atoms with Crippen molar-refractivity contribution in [2.45, 2.75) is 31.8 Å². The summed E-state index contributed by atoms with van der Waals surface area (Å²) in [7, 11) is 0. The van der Waals surface area contributed by atoms with Gasteiger partial charge in [0.2, 0.25) is 0 Å². The Morgan fingerprint density at radius 2 is 2.00 bits per heavy atom. The van der Waals surface area contributed by atoms with E-state index in [-0.39, 0.29) is 0 Å². The fourth-order valence-corrected chi connectivity index (χ4v) is 3.17. The Balaban J connectivity index is 1.79. The summed E-state index contributed by atoms with van der Waals surface area (Å²) in [6.07, 6.45) is 2.76. The minimum Gasteiger partial charge on any atom is -0.313 e. The SMILES string of the molecule is CC1CCC(N2CCSCC2)CN1. The molecule has 0 aromatic rings. The molecule has 0 saturated carbocycles. The summed E-state index contributed by atoms with van der Waals surface area (Å²) in [5, 5.41) is 3.58. The Bertz CT molecular complexity index is 149. The highest BCUT2D eigenvalue weighted by Gasteiger charge is 2.24. The second-order valence-corrected chi connectivity index (χ2v) is 5.41. The molecule has 13 heavy (non-hydrogen) atoms. The molecule has 1 N–H and O–H groups in total. The van der Waals surface area contributed by atoms with Crippen LogP contribution >= 0.6 is 11.8 Å². The second kappa shape index (κ2) is 4.67. The molecule has 2 nitrogen and oxygen atoms in total. The highest BCUT2D eigenvalue weighted by molar-refractivity contribution is 7.99. The molecule has 2 saturated heterocycles. The van der Waals surface area contributed by atoms with E-state index in [1.807, 2.05) is 0 Å². The van der Waals surface area contributed by atoms with Crippen LogP contribution in [0.3, 0.4) is 0 Å². The van der Waals surface area contributed by atoms with E-state index in [1.54, 1.807) is 0 Å². The zero-order valence-corrected chi connectivity index (χ0v) is 9.28. The topological polar surface area (TPSA) is 15.3 Å². The van der Waals surface area contributed by atoms with Gasteiger partial charge in [0.25, 0.3) is 0 Å². The third-order valence-electron chi connectivity index (χ3n) is 3.20. The lowest BCUT2D eigenvalue weighted by molar-refractivity contribution is 0.168. The molecular formula is C10H20N2S. The monoisotopic (exact) mass is 200 g/mol. The van der Waals surface area contributed by atoms with E-state index in [2.05, 4.69) is 28.9 Å². The van der Waals surface area contributed by atoms with Crippen LogP contribution in [0.5, 0.6) is 0 Å². The van der Waals surface area contributed by atoms with Gasteiger partial charge in [-0.1, -0.05) is 0 Å². The molecule has 0 spiro atoms. The van der Waals surface area contributed by atoms with Crippen LogP contribution in [-0.2, 0) is 0 Å². The van der Waals surface area contributed by atoms with Gasteiger partial charge >= 0.3 is 0 Å². The van der Waals surface area contributed by atoms with Crippen molar-refractivity contribution in [1.82, 2.24) is 10.2 Å². The third kappa shape index (κ3) is 2.61. The number of hydrogen-bond acceptors (Lipinski definition) is 3. The lowest BCUT2D eigenvalue weighted by atomic mass is 10.0. The van der Waals surface area contributed by atoms with E-state index >= 15 is 0 Å². The number of nitrogens with zero attached hydrogens (tertiary/aromatic N) is 1. The predicted octanol–water partition coefficient (Wildman–Crippen LogP) is 1.18. The highest BCUT2D eigenvalue weighted by atomic mass is 32.2. The van der Waals surface area contributed by atoms with Crippen molar-refractivity contribution < 1.29 is 0 Å². The molecule has 3 heteroatoms. The average molecular weight is 200 g/mol. The zero-order valence-electron chi connectivity index (χ0n) is 8.46. The Kier molecular flexibility index (Phi) is 3.52. The van der Waals surface area contributed by atoms with Crippen molar-refractivity contribution >= 4 is 11.8 Å². The van der Waals surface area contributed by atoms with E-state index in [0.29, 0.717) is 0 Å². The van der Waals surface area contributed by atoms with Crippen LogP contribution in [0.2, 0.25) is 0 Å². The maximum atomic E-state index is 3.58. The van der Waals surface area contributed by atoms with Crippen molar-refractivity contribution in [1.29, 1.82) is 0 Å². The smallest absolute Gasteiger partial charge is 0.0221 e. The molecule has 2 rings (SSSR count). The standard InChI is InChI=1S/C10H20N2S/c1-9-2-3-10(8-11-9)12-4-6-13-7-5-12/h9-11H,2-8H2,1H3. The van der Waals surface area contributed by atoms with Crippen LogP contribution in [0.1, 0.15) is 19.8 Å². The Morgan fingerprint density at radius 1 is 1.23 bits per heavy atom. The molecule has 2 aliphatic heterocycles. The second-order valence-electron chi connectivity index (χ2n) is 4.19. The van der Waals surface area contributed by atoms with E-state index in [4.69, 9.17) is 0 Å². The summed E-state index contributed by atoms with van der Waals surface area (Å²) < 4.78 is 0. The van der Waals surface area contributed by atoms with E-state index in [9.17, 15) is 0 Å². The maximum absolute atomic E-state index is 3.58. The Hall–Kier alpha value is 0.270. The lowest BCUT2D eigenvalue weighted by Gasteiger charge is -2.38. The molecule has 0 aromatic heterocycles. The van der Waals surface area contributed by atoms with Gasteiger partial charge in [0.1, 0.15) is 0 Å². The fraction of sp³-hybridized carbons (Fsp3) is 1.00. The summed E-state index contributed by atoms with van der Waals surface area (Å²) in [6.45, 7) is 6.13. The molecule has 76 valence electrons. The van der Waals surface area contributed by atoms with Crippen LogP contribution in [0, 0.1) is 0 Å². The first-order valence-electron chi connectivity index (χ1n) is 5.41. The van der Waals surface area contributed by atoms with Crippen LogP contribution < -0.4 is 5.32 Å². The van der Waals surface area contributed by atoms with Gasteiger partial charge in [-0.05, 0) is 19.8 Å². The van der Waals surface area contributed by atoms with Crippen molar-refractivity contribution in [3.8, 4) is 0 Å². The molecule has 2 atom stereocenters. The third-order valence-corrected chi connectivity index (χ3v) is 4.14. The molecule has 0 aromatic carbocycles. The molecule has 2 heterocycles. The summed E-state index contributed by atoms with van der Waals surface area (Å²) in [5.74, 6) is 2.68. The van der Waals surface area contributed by atoms with Gasteiger partial charge in [-0.25, -0.2) is 0 Å². The maximum Gasteiger partial charge on any atom is 0.0221 e. The number of thioether (sulfide) groups is 1. The van der Waals surface area contributed by atoms with Crippen molar-refractivity contribution in [2.75, 3.05) is 31.1 Å². The Morgan fingerprint density at radius 3 is 2.62 bits per heavy atom. The van der Waals surface area contributed by atoms with Gasteiger partial charge in [-0.3, -0.25) is 4.90 Å². The van der Waals surface area contributed by atoms with Gasteiger partial charge < -0.3 is 5.32 Å². The molecule has 0 radical (unpaired) electrons. The summed E-state index contributed by atoms with van der Waals surface area (Å²) in [5.41, 5.74) is 0. The predicted molar refractivity (Wildman–Crippen MR) is 59.4 cm³/mol. The minimum absolute atomic E-state index is 0.746. The van der Waals surface area contributed by atoms with Crippen LogP contribution in [0.4, 0.5) is 0 Å². The normalized spacial score (nSPS) is 37.6. The first-order chi connectivity index (χ1) is 6.36. The van der Waals surface area contributed by atoms with Crippen LogP contribution in [-0.4, -0.2) is 48.1 Å². The van der Waals surface area contributed by atoms with Crippen LogP contribution in [0.15, 0.2) is 0 Å². The number of rotatable bonds is 1. The molecule has 2 fully saturated rings. The fourth-order valence-electron chi connectivity index (χ4n) is 2.24. The van der Waals surface area contributed by atoms with Crippen molar-refractivity contribution in [2.24, 2.45) is 0 Å². The quantitative estimate of drug-likeness (QED) is 0.684. The summed E-state index contributed by atoms with van der Waals surface area (Å²) >= 11 is 2.10. The zero-order chi connectivity index (χ0) is 9.10. The van der Waals surface area contributed by atoms with E-state index in [1.165, 1.54) is 44.0 Å². The first kappa shape index (κ1) is 9.81. The number of piperidine rings is 1. The first-order valence-corrected chi connectivity index (χ1v) is 6.57. The average Bonchev–Trinajstić information content (AvgIpc) is 2.20. The lowest BCUT2D eigenvalue weighted by Crippen LogP contribution is -2.51. The molecule has 2 aliphatic rings. The number of nitrogens with one attached hydrogen (secondary N) is 1. The largest absolute Gasteiger partial charge is 0.313 e. The van der Waals surface area contributed by atoms with Crippen molar-refractivity contribution in [3.05, 3.63) is 0 Å². The molecule has 2 unspecified atom stereocenters. The molecule has 0 aliphatic carbocycles. The highest BCUT2D eigenvalue weighted by Crippen LogP contribution is 2.18. The summed E-state index contributed by atoms with van der Waals surface area (Å²) in [6, 6.07) is 1.58. The molecule has 0 amide bonds. The number of hydrogen-bond donors (Lipinski definition) is 1. The van der Waals surface area contributed by atoms with E-state index < -0.39 is 0 Å².